The molecule has 0 bridgehead atoms. The Labute approximate surface area is 140 Å². The molecular weight excluding hydrogens is 300 g/mol. The molecule has 0 aliphatic carbocycles. The zero-order valence-electron chi connectivity index (χ0n) is 13.5. The van der Waals surface area contributed by atoms with E-state index in [0.29, 0.717) is 35.5 Å². The lowest BCUT2D eigenvalue weighted by Gasteiger charge is -2.02. The van der Waals surface area contributed by atoms with Gasteiger partial charge in [0.1, 0.15) is 17.3 Å². The number of rotatable bonds is 6. The molecule has 0 unspecified atom stereocenters. The molecule has 0 amide bonds. The average molecular weight is 318 g/mol. The van der Waals surface area contributed by atoms with E-state index in [1.807, 2.05) is 48.5 Å². The largest absolute Gasteiger partial charge is 0.460 e. The molecule has 0 atom stereocenters. The Hall–Kier alpha value is -2.94. The third-order valence-corrected chi connectivity index (χ3v) is 3.82. The smallest absolute Gasteiger partial charge is 0.196 e. The highest BCUT2D eigenvalue weighted by Crippen LogP contribution is 2.29. The molecule has 1 heterocycles. The predicted octanol–water partition coefficient (Wildman–Crippen LogP) is 4.70. The number of aryl methyl sites for hydroxylation is 1. The van der Waals surface area contributed by atoms with Crippen LogP contribution in [0.1, 0.15) is 35.0 Å². The van der Waals surface area contributed by atoms with Crippen molar-refractivity contribution in [1.29, 1.82) is 0 Å². The minimum absolute atomic E-state index is 0.0766. The van der Waals surface area contributed by atoms with E-state index in [-0.39, 0.29) is 11.6 Å². The maximum absolute atomic E-state index is 12.9. The first kappa shape index (κ1) is 15.9. The molecule has 1 aromatic heterocycles. The van der Waals surface area contributed by atoms with Crippen LogP contribution in [0, 0.1) is 0 Å². The Morgan fingerprint density at radius 3 is 2.17 bits per heavy atom. The first-order valence-corrected chi connectivity index (χ1v) is 7.92. The molecule has 120 valence electrons. The maximum atomic E-state index is 12.9. The van der Waals surface area contributed by atoms with Crippen LogP contribution in [0.15, 0.2) is 71.1 Å². The van der Waals surface area contributed by atoms with Crippen molar-refractivity contribution in [2.75, 3.05) is 0 Å². The summed E-state index contributed by atoms with van der Waals surface area (Å²) in [5.41, 5.74) is 2.01. The van der Waals surface area contributed by atoms with Gasteiger partial charge in [-0.3, -0.25) is 4.79 Å². The van der Waals surface area contributed by atoms with Crippen molar-refractivity contribution in [3.05, 3.63) is 83.6 Å². The molecular formula is C21H18O3. The number of furan rings is 1. The maximum Gasteiger partial charge on any atom is 0.196 e. The van der Waals surface area contributed by atoms with Crippen LogP contribution in [0.3, 0.4) is 0 Å². The lowest BCUT2D eigenvalue weighted by atomic mass is 10.00. The van der Waals surface area contributed by atoms with Gasteiger partial charge in [0, 0.05) is 24.0 Å². The fourth-order valence-electron chi connectivity index (χ4n) is 2.58. The first-order valence-electron chi connectivity index (χ1n) is 7.92. The van der Waals surface area contributed by atoms with Crippen molar-refractivity contribution < 1.29 is 14.0 Å². The Kier molecular flexibility index (Phi) is 4.71. The summed E-state index contributed by atoms with van der Waals surface area (Å²) in [4.78, 5) is 24.1. The van der Waals surface area contributed by atoms with Crippen LogP contribution in [0.5, 0.6) is 0 Å². The molecule has 24 heavy (non-hydrogen) atoms. The number of carbonyl (C=O) groups is 2. The van der Waals surface area contributed by atoms with E-state index in [2.05, 4.69) is 0 Å². The van der Waals surface area contributed by atoms with Crippen LogP contribution in [-0.4, -0.2) is 11.6 Å². The van der Waals surface area contributed by atoms with Gasteiger partial charge in [-0.25, -0.2) is 0 Å². The standard InChI is InChI=1S/C21H18O3/c1-15(22)12-13-18-14-19(20(23)16-8-4-2-5-9-16)21(24-18)17-10-6-3-7-11-17/h2-11,14H,12-13H2,1H3. The molecule has 0 aliphatic rings. The molecule has 0 aliphatic heterocycles. The Balaban J connectivity index is 2.02. The summed E-state index contributed by atoms with van der Waals surface area (Å²) in [6, 6.07) is 20.5. The second-order valence-corrected chi connectivity index (χ2v) is 5.72. The van der Waals surface area contributed by atoms with Crippen molar-refractivity contribution in [3.63, 3.8) is 0 Å². The number of benzene rings is 2. The van der Waals surface area contributed by atoms with Crippen molar-refractivity contribution in [3.8, 4) is 11.3 Å². The lowest BCUT2D eigenvalue weighted by Crippen LogP contribution is -2.01. The summed E-state index contributed by atoms with van der Waals surface area (Å²) in [7, 11) is 0. The van der Waals surface area contributed by atoms with E-state index in [0.717, 1.165) is 5.56 Å². The minimum Gasteiger partial charge on any atom is -0.460 e. The van der Waals surface area contributed by atoms with Gasteiger partial charge in [-0.1, -0.05) is 60.7 Å². The SMILES string of the molecule is CC(=O)CCc1cc(C(=O)c2ccccc2)c(-c2ccccc2)o1. The van der Waals surface area contributed by atoms with Crippen LogP contribution >= 0.6 is 0 Å². The van der Waals surface area contributed by atoms with Crippen LogP contribution in [0.4, 0.5) is 0 Å². The van der Waals surface area contributed by atoms with E-state index in [9.17, 15) is 9.59 Å². The highest BCUT2D eigenvalue weighted by atomic mass is 16.3. The van der Waals surface area contributed by atoms with Gasteiger partial charge in [0.25, 0.3) is 0 Å². The molecule has 0 fully saturated rings. The Bertz CT molecular complexity index is 845. The van der Waals surface area contributed by atoms with E-state index >= 15 is 0 Å². The molecule has 3 heteroatoms. The monoisotopic (exact) mass is 318 g/mol. The van der Waals surface area contributed by atoms with Gasteiger partial charge < -0.3 is 9.21 Å². The van der Waals surface area contributed by atoms with Gasteiger partial charge in [0.2, 0.25) is 0 Å². The molecule has 0 spiro atoms. The molecule has 0 radical (unpaired) electrons. The van der Waals surface area contributed by atoms with Crippen molar-refractivity contribution >= 4 is 11.6 Å². The molecule has 2 aromatic carbocycles. The predicted molar refractivity (Wildman–Crippen MR) is 93.0 cm³/mol. The van der Waals surface area contributed by atoms with Crippen LogP contribution in [0.25, 0.3) is 11.3 Å². The van der Waals surface area contributed by atoms with Gasteiger partial charge in [-0.05, 0) is 13.0 Å². The zero-order valence-corrected chi connectivity index (χ0v) is 13.5. The summed E-state index contributed by atoms with van der Waals surface area (Å²) < 4.78 is 5.92. The van der Waals surface area contributed by atoms with Crippen LogP contribution < -0.4 is 0 Å². The first-order chi connectivity index (χ1) is 11.6. The summed E-state index contributed by atoms with van der Waals surface area (Å²) in [6.45, 7) is 1.55. The zero-order chi connectivity index (χ0) is 16.9. The number of carbonyl (C=O) groups excluding carboxylic acids is 2. The number of Topliss-reactive ketones (excluding diaryl/α,β-unsaturated/α-hetero) is 1. The third-order valence-electron chi connectivity index (χ3n) is 3.82. The highest BCUT2D eigenvalue weighted by Gasteiger charge is 2.20. The molecule has 3 nitrogen and oxygen atoms in total. The van der Waals surface area contributed by atoms with Gasteiger partial charge in [-0.2, -0.15) is 0 Å². The number of hydrogen-bond acceptors (Lipinski definition) is 3. The van der Waals surface area contributed by atoms with Crippen LogP contribution in [0.2, 0.25) is 0 Å². The molecule has 3 aromatic rings. The number of ketones is 2. The minimum atomic E-state index is -0.0766. The molecule has 0 saturated carbocycles. The lowest BCUT2D eigenvalue weighted by molar-refractivity contribution is -0.117. The van der Waals surface area contributed by atoms with Gasteiger partial charge in [0.05, 0.1) is 5.56 Å². The molecule has 0 N–H and O–H groups in total. The second kappa shape index (κ2) is 7.09. The molecule has 3 rings (SSSR count). The second-order valence-electron chi connectivity index (χ2n) is 5.72. The third kappa shape index (κ3) is 3.51. The fraction of sp³-hybridized carbons (Fsp3) is 0.143. The Morgan fingerprint density at radius 2 is 1.54 bits per heavy atom. The van der Waals surface area contributed by atoms with Crippen molar-refractivity contribution in [2.24, 2.45) is 0 Å². The highest BCUT2D eigenvalue weighted by molar-refractivity contribution is 6.12. The average Bonchev–Trinajstić information content (AvgIpc) is 3.05. The van der Waals surface area contributed by atoms with Crippen molar-refractivity contribution in [2.45, 2.75) is 19.8 Å². The summed E-state index contributed by atoms with van der Waals surface area (Å²) in [5.74, 6) is 1.24. The summed E-state index contributed by atoms with van der Waals surface area (Å²) >= 11 is 0. The summed E-state index contributed by atoms with van der Waals surface area (Å²) in [6.07, 6.45) is 0.901. The molecule has 0 saturated heterocycles. The van der Waals surface area contributed by atoms with E-state index in [1.54, 1.807) is 25.1 Å². The van der Waals surface area contributed by atoms with E-state index in [1.165, 1.54) is 0 Å². The van der Waals surface area contributed by atoms with Gasteiger partial charge in [0.15, 0.2) is 5.78 Å². The topological polar surface area (TPSA) is 47.3 Å². The van der Waals surface area contributed by atoms with Gasteiger partial charge >= 0.3 is 0 Å². The van der Waals surface area contributed by atoms with Crippen LogP contribution in [-0.2, 0) is 11.2 Å². The quantitative estimate of drug-likeness (QED) is 0.619. The van der Waals surface area contributed by atoms with Crippen molar-refractivity contribution in [1.82, 2.24) is 0 Å². The van der Waals surface area contributed by atoms with E-state index in [4.69, 9.17) is 4.42 Å². The normalized spacial score (nSPS) is 10.5. The fourth-order valence-corrected chi connectivity index (χ4v) is 2.58. The van der Waals surface area contributed by atoms with E-state index < -0.39 is 0 Å². The summed E-state index contributed by atoms with van der Waals surface area (Å²) in [5, 5.41) is 0. The van der Waals surface area contributed by atoms with Gasteiger partial charge in [-0.15, -0.1) is 0 Å². The number of hydrogen-bond donors (Lipinski definition) is 0. The Morgan fingerprint density at radius 1 is 0.917 bits per heavy atom.